The third kappa shape index (κ3) is 20.6. The van der Waals surface area contributed by atoms with Crippen LogP contribution >= 0.6 is 86.4 Å². The van der Waals surface area contributed by atoms with Crippen LogP contribution in [0.4, 0.5) is 40.1 Å². The van der Waals surface area contributed by atoms with Crippen molar-refractivity contribution in [1.82, 2.24) is 66.9 Å². The van der Waals surface area contributed by atoms with E-state index in [1.165, 1.54) is 35.4 Å². The molecule has 15 aromatic rings. The molecule has 39 heteroatoms. The second-order valence-electron chi connectivity index (χ2n) is 29.3. The SMILES string of the molecule is CC1=C(C(=O)NC2CCCCC2)C(c2ccccc2Br)N=C(Nc2nc3ccccc3o2)N1.CC1=C(C(=O)Nc2ccon2)C(c2ccccc2Br)N=C(Nc2nc3ccccc3o2)N1.CC1=C(C(=O)Nc2nccs2)C(c2ccccc2Br)N=C(Nc2nc3ccccc3o2)N1.CC1=C(C(=O)Nc2nncs2)C(c2ccccc2Br)N=C(Nc2nc3ccccc3o2)N1. The summed E-state index contributed by atoms with van der Waals surface area (Å²) >= 11 is 17.0. The van der Waals surface area contributed by atoms with Crippen LogP contribution in [0.5, 0.6) is 0 Å². The number of aromatic nitrogens is 8. The zero-order valence-electron chi connectivity index (χ0n) is 68.7. The number of aliphatic imine (C=N–C) groups is 4. The van der Waals surface area contributed by atoms with Crippen molar-refractivity contribution in [2.24, 2.45) is 20.0 Å². The van der Waals surface area contributed by atoms with E-state index in [4.69, 9.17) is 42.2 Å². The molecule has 8 aromatic carbocycles. The van der Waals surface area contributed by atoms with Crippen LogP contribution in [-0.2, 0) is 19.2 Å². The molecule has 4 amide bonds. The molecule has 12 N–H and O–H groups in total. The Morgan fingerprint density at radius 2 is 0.721 bits per heavy atom. The predicted molar refractivity (Wildman–Crippen MR) is 511 cm³/mol. The highest BCUT2D eigenvalue weighted by Crippen LogP contribution is 2.42. The number of hydrogen-bond acceptors (Lipinski definition) is 31. The summed E-state index contributed by atoms with van der Waals surface area (Å²) in [6.07, 6.45) is 8.65. The number of allylic oxidation sites excluding steroid dienone is 4. The molecule has 4 atom stereocenters. The normalized spacial score (nSPS) is 16.8. The van der Waals surface area contributed by atoms with Crippen LogP contribution in [0.15, 0.2) is 329 Å². The molecule has 129 heavy (non-hydrogen) atoms. The second-order valence-corrected chi connectivity index (χ2v) is 34.5. The highest BCUT2D eigenvalue weighted by Gasteiger charge is 2.37. The Morgan fingerprint density at radius 1 is 0.388 bits per heavy atom. The summed E-state index contributed by atoms with van der Waals surface area (Å²) in [5.41, 5.74) is 15.4. The number of nitrogens with zero attached hydrogens (tertiary/aromatic N) is 12. The number of para-hydroxylation sites is 8. The summed E-state index contributed by atoms with van der Waals surface area (Å²) in [4.78, 5) is 94.0. The van der Waals surface area contributed by atoms with Gasteiger partial charge in [0.05, 0.1) is 22.3 Å². The zero-order valence-corrected chi connectivity index (χ0v) is 76.6. The Labute approximate surface area is 776 Å². The molecule has 4 unspecified atom stereocenters. The molecule has 0 bridgehead atoms. The van der Waals surface area contributed by atoms with Crippen molar-refractivity contribution < 1.29 is 41.4 Å². The maximum Gasteiger partial charge on any atom is 0.302 e. The number of fused-ring (bicyclic) bond motifs is 4. The van der Waals surface area contributed by atoms with Crippen molar-refractivity contribution in [3.8, 4) is 0 Å². The Morgan fingerprint density at radius 3 is 1.04 bits per heavy atom. The largest absolute Gasteiger partial charge is 0.423 e. The molecule has 0 saturated heterocycles. The Bertz CT molecular complexity index is 6340. The minimum atomic E-state index is -0.592. The monoisotopic (exact) mass is 2020 g/mol. The van der Waals surface area contributed by atoms with Crippen molar-refractivity contribution in [1.29, 1.82) is 0 Å². The molecule has 0 radical (unpaired) electrons. The van der Waals surface area contributed by atoms with E-state index in [1.54, 1.807) is 17.8 Å². The van der Waals surface area contributed by atoms with Gasteiger partial charge in [-0.3, -0.25) is 51.1 Å². The van der Waals surface area contributed by atoms with Crippen molar-refractivity contribution in [2.45, 2.75) is 90.0 Å². The lowest BCUT2D eigenvalue weighted by molar-refractivity contribution is -0.119. The summed E-state index contributed by atoms with van der Waals surface area (Å²) in [7, 11) is 0. The first-order valence-electron chi connectivity index (χ1n) is 40.3. The number of carbonyl (C=O) groups excluding carboxylic acids is 4. The van der Waals surface area contributed by atoms with Gasteiger partial charge in [0.25, 0.3) is 23.6 Å². The van der Waals surface area contributed by atoms with Gasteiger partial charge >= 0.3 is 24.1 Å². The summed E-state index contributed by atoms with van der Waals surface area (Å²) < 4.78 is 31.3. The quantitative estimate of drug-likeness (QED) is 0.0427. The summed E-state index contributed by atoms with van der Waals surface area (Å²) in [6, 6.07) is 61.7. The molecular weight excluding hydrogens is 1940 g/mol. The molecule has 33 nitrogen and oxygen atoms in total. The van der Waals surface area contributed by atoms with Crippen LogP contribution < -0.4 is 63.8 Å². The molecule has 5 aliphatic rings. The standard InChI is InChI=1S/C25H26BrN5O2.C22H17BrN6O3.C22H17BrN6O2S.C21H16BrN7O2S/c1-15-21(23(32)28-16-9-3-2-4-10-16)22(17-11-5-6-12-18(17)26)30-24(27-15)31-25-29-19-13-7-8-14-20(19)33-25;1-12-18(20(30)26-17-10-11-31-29-17)19(13-6-2-3-7-14(13)23)27-21(24-12)28-22-25-15-8-4-5-9-16(15)32-22;1-12-17(19(30)28-22-24-10-11-32-22)18(13-6-2-3-7-14(13)23)27-20(25-12)29-21-26-15-8-4-5-9-16(15)31-21;1-11-16(18(30)27-21-29-23-10-32-21)17(12-6-2-3-7-13(12)22)26-19(24-11)28-20-25-14-8-4-5-9-15(14)31-20/h5-8,11-14,16,22H,2-4,9-10H2,1H3,(H,28,32)(H2,27,29,30,31);2-11,19H,1H3,(H,26,29,30)(H2,24,25,27,28);2-11,18H,1H3,(H,24,28,30)(H2,25,26,27,29);2-10,17H,1H3,(H,27,29,30)(H2,24,25,26,28). The maximum absolute atomic E-state index is 13.4. The third-order valence-corrected chi connectivity index (χ3v) is 24.9. The fraction of sp³-hybridized carbons (Fsp3) is 0.156. The number of thiazole rings is 1. The average molecular weight is 2020 g/mol. The molecule has 7 aromatic heterocycles. The van der Waals surface area contributed by atoms with Crippen LogP contribution in [0.2, 0.25) is 0 Å². The Balaban J connectivity index is 0.000000121. The fourth-order valence-corrected chi connectivity index (χ4v) is 17.7. The molecule has 650 valence electrons. The minimum absolute atomic E-state index is 0.0719. The Kier molecular flexibility index (Phi) is 26.9. The number of carbonyl (C=O) groups is 4. The highest BCUT2D eigenvalue weighted by atomic mass is 79.9. The van der Waals surface area contributed by atoms with Crippen molar-refractivity contribution in [2.75, 3.05) is 37.2 Å². The third-order valence-electron chi connectivity index (χ3n) is 20.7. The topological polar surface area (TPSA) is 431 Å². The van der Waals surface area contributed by atoms with Gasteiger partial charge in [0.1, 0.15) is 58.0 Å². The number of nitrogens with one attached hydrogen (secondary N) is 12. The first-order chi connectivity index (χ1) is 62.8. The second kappa shape index (κ2) is 39.8. The summed E-state index contributed by atoms with van der Waals surface area (Å²) in [5.74, 6) is 1.07. The molecule has 0 spiro atoms. The number of anilines is 7. The Hall–Kier alpha value is -14.1. The lowest BCUT2D eigenvalue weighted by Crippen LogP contribution is -2.42. The maximum atomic E-state index is 13.4. The van der Waals surface area contributed by atoms with Gasteiger partial charge in [0, 0.05) is 64.4 Å². The van der Waals surface area contributed by atoms with Gasteiger partial charge in [-0.1, -0.05) is 221 Å². The van der Waals surface area contributed by atoms with Crippen LogP contribution in [0, 0.1) is 0 Å². The number of benzene rings is 8. The lowest BCUT2D eigenvalue weighted by atomic mass is 9.93. The fourth-order valence-electron chi connectivity index (χ4n) is 14.7. The van der Waals surface area contributed by atoms with Gasteiger partial charge < -0.3 is 54.1 Å². The molecular formula is C90H76Br4N24O9S2. The van der Waals surface area contributed by atoms with E-state index in [0.717, 1.165) is 93.6 Å². The molecule has 1 fully saturated rings. The number of hydrogen-bond donors (Lipinski definition) is 12. The van der Waals surface area contributed by atoms with E-state index in [2.05, 4.69) is 168 Å². The number of rotatable bonds is 16. The molecule has 11 heterocycles. The number of oxazole rings is 4. The van der Waals surface area contributed by atoms with E-state index < -0.39 is 24.2 Å². The predicted octanol–water partition coefficient (Wildman–Crippen LogP) is 19.6. The zero-order chi connectivity index (χ0) is 89.0. The molecule has 4 aliphatic heterocycles. The lowest BCUT2D eigenvalue weighted by Gasteiger charge is -2.29. The van der Waals surface area contributed by atoms with Gasteiger partial charge in [-0.15, -0.1) is 21.5 Å². The van der Waals surface area contributed by atoms with E-state index in [-0.39, 0.29) is 29.7 Å². The first kappa shape index (κ1) is 87.0. The van der Waals surface area contributed by atoms with Gasteiger partial charge in [-0.25, -0.2) is 25.0 Å². The number of amides is 4. The summed E-state index contributed by atoms with van der Waals surface area (Å²) in [6.45, 7) is 7.37. The van der Waals surface area contributed by atoms with Crippen LogP contribution in [-0.4, -0.2) is 93.8 Å². The van der Waals surface area contributed by atoms with Crippen LogP contribution in [0.3, 0.4) is 0 Å². The van der Waals surface area contributed by atoms with Gasteiger partial charge in [0.15, 0.2) is 33.3 Å². The minimum Gasteiger partial charge on any atom is -0.423 e. The number of guanidine groups is 4. The van der Waals surface area contributed by atoms with Gasteiger partial charge in [-0.05, 0) is 136 Å². The molecule has 1 saturated carbocycles. The van der Waals surface area contributed by atoms with Crippen molar-refractivity contribution in [3.05, 3.63) is 309 Å². The first-order valence-corrected chi connectivity index (χ1v) is 45.3. The van der Waals surface area contributed by atoms with Crippen molar-refractivity contribution in [3.63, 3.8) is 0 Å². The molecule has 20 rings (SSSR count). The van der Waals surface area contributed by atoms with Crippen LogP contribution in [0.1, 0.15) is 106 Å². The highest BCUT2D eigenvalue weighted by molar-refractivity contribution is 9.11. The molecule has 1 aliphatic carbocycles. The smallest absolute Gasteiger partial charge is 0.302 e. The average Bonchev–Trinajstić information content (AvgIpc) is 1.23. The van der Waals surface area contributed by atoms with E-state index in [1.807, 2.05) is 227 Å². The van der Waals surface area contributed by atoms with Crippen molar-refractivity contribution >= 4 is 218 Å². The number of halogens is 4. The van der Waals surface area contributed by atoms with E-state index in [9.17, 15) is 19.2 Å². The van der Waals surface area contributed by atoms with Gasteiger partial charge in [-0.2, -0.15) is 19.9 Å². The van der Waals surface area contributed by atoms with Gasteiger partial charge in [0.2, 0.25) is 29.0 Å². The van der Waals surface area contributed by atoms with E-state index >= 15 is 0 Å². The van der Waals surface area contributed by atoms with E-state index in [0.29, 0.717) is 126 Å². The summed E-state index contributed by atoms with van der Waals surface area (Å²) in [5, 5.41) is 50.9. The van der Waals surface area contributed by atoms with Crippen LogP contribution in [0.25, 0.3) is 44.4 Å².